The molecular weight excluding hydrogens is 311 g/mol. The Morgan fingerprint density at radius 2 is 2.19 bits per heavy atom. The van der Waals surface area contributed by atoms with Crippen LogP contribution in [-0.4, -0.2) is 42.3 Å². The van der Waals surface area contributed by atoms with E-state index in [9.17, 15) is 9.90 Å². The number of nitrogens with one attached hydrogen (secondary N) is 1. The van der Waals surface area contributed by atoms with E-state index in [0.29, 0.717) is 29.6 Å². The van der Waals surface area contributed by atoms with Gasteiger partial charge in [-0.25, -0.2) is 4.79 Å². The van der Waals surface area contributed by atoms with Gasteiger partial charge in [0.15, 0.2) is 0 Å². The molecule has 1 unspecified atom stereocenters. The zero-order valence-corrected chi connectivity index (χ0v) is 13.3. The van der Waals surface area contributed by atoms with Crippen LogP contribution in [0.3, 0.4) is 0 Å². The van der Waals surface area contributed by atoms with Crippen molar-refractivity contribution in [2.24, 2.45) is 5.92 Å². The molecule has 116 valence electrons. The molecule has 0 spiro atoms. The summed E-state index contributed by atoms with van der Waals surface area (Å²) in [5.41, 5.74) is 1.04. The first-order valence-corrected chi connectivity index (χ1v) is 7.93. The molecule has 1 atom stereocenters. The number of piperidine rings is 1. The van der Waals surface area contributed by atoms with Gasteiger partial charge < -0.3 is 15.3 Å². The minimum Gasteiger partial charge on any atom is -0.396 e. The van der Waals surface area contributed by atoms with Crippen molar-refractivity contribution < 1.29 is 9.90 Å². The van der Waals surface area contributed by atoms with Gasteiger partial charge in [0.1, 0.15) is 0 Å². The highest BCUT2D eigenvalue weighted by molar-refractivity contribution is 6.42. The Balaban J connectivity index is 1.77. The van der Waals surface area contributed by atoms with Crippen molar-refractivity contribution in [2.75, 3.05) is 26.2 Å². The number of aliphatic hydroxyl groups is 1. The third-order valence-corrected chi connectivity index (χ3v) is 4.48. The molecule has 6 heteroatoms. The molecule has 2 rings (SSSR count). The first-order chi connectivity index (χ1) is 10.1. The van der Waals surface area contributed by atoms with Crippen molar-refractivity contribution in [3.8, 4) is 0 Å². The molecule has 1 saturated heterocycles. The van der Waals surface area contributed by atoms with Crippen molar-refractivity contribution in [3.05, 3.63) is 33.8 Å². The van der Waals surface area contributed by atoms with Gasteiger partial charge >= 0.3 is 6.03 Å². The predicted octanol–water partition coefficient (Wildman–Crippen LogP) is 2.95. The van der Waals surface area contributed by atoms with Crippen molar-refractivity contribution in [3.63, 3.8) is 0 Å². The summed E-state index contributed by atoms with van der Waals surface area (Å²) in [6.45, 7) is 2.09. The van der Waals surface area contributed by atoms with E-state index in [2.05, 4.69) is 5.32 Å². The third-order valence-electron chi connectivity index (χ3n) is 3.74. The van der Waals surface area contributed by atoms with Crippen LogP contribution in [0.4, 0.5) is 4.79 Å². The fourth-order valence-corrected chi connectivity index (χ4v) is 2.84. The average Bonchev–Trinajstić information content (AvgIpc) is 2.50. The van der Waals surface area contributed by atoms with Gasteiger partial charge in [0, 0.05) is 26.2 Å². The molecule has 1 aromatic rings. The standard InChI is InChI=1S/C15H20Cl2N2O2/c16-13-4-3-11(8-14(13)17)5-6-18-15(21)19-7-1-2-12(9-19)10-20/h3-4,8,12,20H,1-2,5-7,9-10H2,(H,18,21). The molecule has 0 aromatic heterocycles. The lowest BCUT2D eigenvalue weighted by atomic mass is 9.99. The van der Waals surface area contributed by atoms with Crippen LogP contribution in [0, 0.1) is 5.92 Å². The van der Waals surface area contributed by atoms with Crippen LogP contribution in [0.5, 0.6) is 0 Å². The van der Waals surface area contributed by atoms with Gasteiger partial charge in [-0.05, 0) is 42.9 Å². The number of hydrogen-bond acceptors (Lipinski definition) is 2. The summed E-state index contributed by atoms with van der Waals surface area (Å²) >= 11 is 11.8. The Morgan fingerprint density at radius 3 is 2.90 bits per heavy atom. The molecule has 0 bridgehead atoms. The maximum Gasteiger partial charge on any atom is 0.317 e. The van der Waals surface area contributed by atoms with Crippen molar-refractivity contribution in [1.82, 2.24) is 10.2 Å². The maximum atomic E-state index is 12.1. The number of carbonyl (C=O) groups is 1. The number of aliphatic hydroxyl groups excluding tert-OH is 1. The summed E-state index contributed by atoms with van der Waals surface area (Å²) in [5.74, 6) is 0.208. The number of nitrogens with zero attached hydrogens (tertiary/aromatic N) is 1. The molecule has 4 nitrogen and oxygen atoms in total. The molecule has 1 aliphatic heterocycles. The molecule has 21 heavy (non-hydrogen) atoms. The molecule has 1 fully saturated rings. The zero-order chi connectivity index (χ0) is 15.2. The lowest BCUT2D eigenvalue weighted by Crippen LogP contribution is -2.46. The number of rotatable bonds is 4. The van der Waals surface area contributed by atoms with Crippen molar-refractivity contribution in [2.45, 2.75) is 19.3 Å². The van der Waals surface area contributed by atoms with Crippen LogP contribution in [-0.2, 0) is 6.42 Å². The number of benzene rings is 1. The highest BCUT2D eigenvalue weighted by Gasteiger charge is 2.22. The smallest absolute Gasteiger partial charge is 0.317 e. The topological polar surface area (TPSA) is 52.6 Å². The summed E-state index contributed by atoms with van der Waals surface area (Å²) in [7, 11) is 0. The van der Waals surface area contributed by atoms with Gasteiger partial charge in [0.05, 0.1) is 10.0 Å². The molecule has 0 saturated carbocycles. The fraction of sp³-hybridized carbons (Fsp3) is 0.533. The molecule has 0 aliphatic carbocycles. The molecule has 2 N–H and O–H groups in total. The maximum absolute atomic E-state index is 12.1. The van der Waals surface area contributed by atoms with Crippen LogP contribution in [0.15, 0.2) is 18.2 Å². The Hall–Kier alpha value is -0.970. The molecule has 1 aliphatic rings. The zero-order valence-electron chi connectivity index (χ0n) is 11.8. The summed E-state index contributed by atoms with van der Waals surface area (Å²) in [4.78, 5) is 13.8. The van der Waals surface area contributed by atoms with Crippen molar-refractivity contribution in [1.29, 1.82) is 0 Å². The summed E-state index contributed by atoms with van der Waals surface area (Å²) in [5, 5.41) is 13.2. The second kappa shape index (κ2) is 7.87. The Morgan fingerprint density at radius 1 is 1.38 bits per heavy atom. The van der Waals surface area contributed by atoms with Gasteiger partial charge in [-0.1, -0.05) is 29.3 Å². The van der Waals surface area contributed by atoms with Crippen molar-refractivity contribution >= 4 is 29.2 Å². The van der Waals surface area contributed by atoms with Gasteiger partial charge in [-0.15, -0.1) is 0 Å². The summed E-state index contributed by atoms with van der Waals surface area (Å²) < 4.78 is 0. The quantitative estimate of drug-likeness (QED) is 0.891. The SMILES string of the molecule is O=C(NCCc1ccc(Cl)c(Cl)c1)N1CCCC(CO)C1. The van der Waals surface area contributed by atoms with Gasteiger partial charge in [-0.2, -0.15) is 0 Å². The highest BCUT2D eigenvalue weighted by Crippen LogP contribution is 2.22. The molecule has 1 aromatic carbocycles. The number of halogens is 2. The van der Waals surface area contributed by atoms with E-state index in [1.807, 2.05) is 12.1 Å². The van der Waals surface area contributed by atoms with E-state index in [4.69, 9.17) is 23.2 Å². The number of likely N-dealkylation sites (tertiary alicyclic amines) is 1. The molecule has 2 amide bonds. The first-order valence-electron chi connectivity index (χ1n) is 7.17. The summed E-state index contributed by atoms with van der Waals surface area (Å²) in [6, 6.07) is 5.42. The van der Waals surface area contributed by atoms with Crippen LogP contribution in [0.25, 0.3) is 0 Å². The third kappa shape index (κ3) is 4.77. The van der Waals surface area contributed by atoms with Gasteiger partial charge in [0.25, 0.3) is 0 Å². The fourth-order valence-electron chi connectivity index (χ4n) is 2.52. The Labute approximate surface area is 135 Å². The number of hydrogen-bond donors (Lipinski definition) is 2. The average molecular weight is 331 g/mol. The minimum atomic E-state index is -0.0618. The van der Waals surface area contributed by atoms with E-state index >= 15 is 0 Å². The number of carbonyl (C=O) groups excluding carboxylic acids is 1. The van der Waals surface area contributed by atoms with Gasteiger partial charge in [-0.3, -0.25) is 0 Å². The highest BCUT2D eigenvalue weighted by atomic mass is 35.5. The second-order valence-electron chi connectivity index (χ2n) is 5.37. The van der Waals surface area contributed by atoms with E-state index in [0.717, 1.165) is 24.9 Å². The Kier molecular flexibility index (Phi) is 6.15. The monoisotopic (exact) mass is 330 g/mol. The lowest BCUT2D eigenvalue weighted by Gasteiger charge is -2.31. The van der Waals surface area contributed by atoms with Crippen LogP contribution in [0.2, 0.25) is 10.0 Å². The summed E-state index contributed by atoms with van der Waals surface area (Å²) in [6.07, 6.45) is 2.65. The first kappa shape index (κ1) is 16.4. The molecule has 0 radical (unpaired) electrons. The van der Waals surface area contributed by atoms with Crippen LogP contribution >= 0.6 is 23.2 Å². The minimum absolute atomic E-state index is 0.0618. The number of amides is 2. The predicted molar refractivity (Wildman–Crippen MR) is 84.9 cm³/mol. The Bertz CT molecular complexity index is 497. The van der Waals surface area contributed by atoms with E-state index in [1.165, 1.54) is 0 Å². The van der Waals surface area contributed by atoms with E-state index in [1.54, 1.807) is 11.0 Å². The van der Waals surface area contributed by atoms with Gasteiger partial charge in [0.2, 0.25) is 0 Å². The normalized spacial score (nSPS) is 18.6. The largest absolute Gasteiger partial charge is 0.396 e. The van der Waals surface area contributed by atoms with E-state index < -0.39 is 0 Å². The lowest BCUT2D eigenvalue weighted by molar-refractivity contribution is 0.129. The van der Waals surface area contributed by atoms with Crippen LogP contribution in [0.1, 0.15) is 18.4 Å². The van der Waals surface area contributed by atoms with Crippen LogP contribution < -0.4 is 5.32 Å². The number of urea groups is 1. The molecular formula is C15H20Cl2N2O2. The molecule has 1 heterocycles. The second-order valence-corrected chi connectivity index (χ2v) is 6.18. The van der Waals surface area contributed by atoms with E-state index in [-0.39, 0.29) is 18.6 Å².